The summed E-state index contributed by atoms with van der Waals surface area (Å²) in [6.45, 7) is 2.53. The molecule has 0 fully saturated rings. The van der Waals surface area contributed by atoms with E-state index in [-0.39, 0.29) is 13.0 Å². The molecule has 28 heavy (non-hydrogen) atoms. The third-order valence-electron chi connectivity index (χ3n) is 4.18. The van der Waals surface area contributed by atoms with E-state index in [0.717, 1.165) is 26.2 Å². The lowest BCUT2D eigenvalue weighted by Crippen LogP contribution is -2.28. The van der Waals surface area contributed by atoms with Crippen LogP contribution in [-0.4, -0.2) is 41.0 Å². The van der Waals surface area contributed by atoms with E-state index >= 15 is 0 Å². The normalized spacial score (nSPS) is 12.6. The number of rotatable bonds is 18. The topological polar surface area (TPSA) is 119 Å². The van der Waals surface area contributed by atoms with Gasteiger partial charge in [0.25, 0.3) is 0 Å². The van der Waals surface area contributed by atoms with Crippen molar-refractivity contribution in [2.75, 3.05) is 13.2 Å². The van der Waals surface area contributed by atoms with Crippen LogP contribution in [0.25, 0.3) is 0 Å². The molecule has 0 aromatic heterocycles. The van der Waals surface area contributed by atoms with Crippen molar-refractivity contribution in [2.24, 2.45) is 0 Å². The molecule has 1 atom stereocenters. The molecule has 2 N–H and O–H groups in total. The first-order valence-electron chi connectivity index (χ1n) is 10.3. The Morgan fingerprint density at radius 3 is 1.82 bits per heavy atom. The Kier molecular flexibility index (Phi) is 16.4. The van der Waals surface area contributed by atoms with Gasteiger partial charge in [-0.2, -0.15) is 0 Å². The van der Waals surface area contributed by atoms with Gasteiger partial charge in [0.1, 0.15) is 6.61 Å². The van der Waals surface area contributed by atoms with Crippen molar-refractivity contribution in [3.8, 4) is 0 Å². The van der Waals surface area contributed by atoms with Gasteiger partial charge in [0.2, 0.25) is 0 Å². The fraction of sp³-hybridized carbons (Fsp3) is 0.895. The van der Waals surface area contributed by atoms with Crippen molar-refractivity contribution in [1.82, 2.24) is 0 Å². The van der Waals surface area contributed by atoms with Crippen molar-refractivity contribution in [3.05, 3.63) is 0 Å². The Labute approximate surface area is 168 Å². The molecule has 0 aromatic rings. The van der Waals surface area contributed by atoms with Gasteiger partial charge >= 0.3 is 19.8 Å². The molecular weight excluding hydrogens is 387 g/mol. The predicted octanol–water partition coefficient (Wildman–Crippen LogP) is 4.27. The van der Waals surface area contributed by atoms with Crippen molar-refractivity contribution < 1.29 is 37.9 Å². The minimum atomic E-state index is -4.68. The van der Waals surface area contributed by atoms with E-state index in [1.807, 2.05) is 0 Å². The summed E-state index contributed by atoms with van der Waals surface area (Å²) >= 11 is 0. The maximum absolute atomic E-state index is 11.7. The van der Waals surface area contributed by atoms with Gasteiger partial charge in [-0.15, -0.1) is 0 Å². The summed E-state index contributed by atoms with van der Waals surface area (Å²) in [5, 5.41) is 0. The fourth-order valence-corrected chi connectivity index (χ4v) is 3.08. The molecule has 0 aliphatic heterocycles. The van der Waals surface area contributed by atoms with Gasteiger partial charge in [0.05, 0.1) is 6.61 Å². The quantitative estimate of drug-likeness (QED) is 0.190. The SMILES string of the molecule is CCCCCCCCCCCCCC(=O)OC[C@H](COP(=O)(O)O)OC(C)=O. The molecule has 9 heteroatoms. The smallest absolute Gasteiger partial charge is 0.462 e. The minimum Gasteiger partial charge on any atom is -0.462 e. The van der Waals surface area contributed by atoms with Crippen molar-refractivity contribution in [3.63, 3.8) is 0 Å². The lowest BCUT2D eigenvalue weighted by atomic mass is 10.1. The maximum atomic E-state index is 11.7. The van der Waals surface area contributed by atoms with Crippen LogP contribution in [0.15, 0.2) is 0 Å². The molecule has 0 aliphatic rings. The van der Waals surface area contributed by atoms with Gasteiger partial charge in [0, 0.05) is 13.3 Å². The first-order chi connectivity index (χ1) is 13.2. The standard InChI is InChI=1S/C19H37O8P/c1-3-4-5-6-7-8-9-10-11-12-13-14-19(21)25-15-18(27-17(2)20)16-26-28(22,23)24/h18H,3-16H2,1-2H3,(H2,22,23,24)/t18-/m1/s1. The molecule has 0 rings (SSSR count). The van der Waals surface area contributed by atoms with Gasteiger partial charge in [-0.1, -0.05) is 71.1 Å². The number of hydrogen-bond donors (Lipinski definition) is 2. The van der Waals surface area contributed by atoms with Crippen LogP contribution in [0.4, 0.5) is 0 Å². The number of unbranched alkanes of at least 4 members (excludes halogenated alkanes) is 10. The largest absolute Gasteiger partial charge is 0.469 e. The number of phosphoric ester groups is 1. The second-order valence-corrected chi connectivity index (χ2v) is 8.23. The highest BCUT2D eigenvalue weighted by atomic mass is 31.2. The Morgan fingerprint density at radius 2 is 1.36 bits per heavy atom. The zero-order valence-corrected chi connectivity index (χ0v) is 18.2. The van der Waals surface area contributed by atoms with Gasteiger partial charge in [-0.25, -0.2) is 4.57 Å². The van der Waals surface area contributed by atoms with E-state index in [9.17, 15) is 14.2 Å². The molecule has 0 saturated heterocycles. The molecule has 0 aromatic carbocycles. The Bertz CT molecular complexity index is 463. The molecule has 0 radical (unpaired) electrons. The molecule has 0 unspecified atom stereocenters. The van der Waals surface area contributed by atoms with E-state index in [4.69, 9.17) is 19.3 Å². The molecule has 0 heterocycles. The minimum absolute atomic E-state index is 0.267. The number of ether oxygens (including phenoxy) is 2. The van der Waals surface area contributed by atoms with Gasteiger partial charge < -0.3 is 19.3 Å². The second-order valence-electron chi connectivity index (χ2n) is 6.99. The van der Waals surface area contributed by atoms with E-state index in [2.05, 4.69) is 11.4 Å². The number of hydrogen-bond acceptors (Lipinski definition) is 6. The van der Waals surface area contributed by atoms with Crippen molar-refractivity contribution in [1.29, 1.82) is 0 Å². The third-order valence-corrected chi connectivity index (χ3v) is 4.66. The van der Waals surface area contributed by atoms with Crippen LogP contribution in [0.5, 0.6) is 0 Å². The van der Waals surface area contributed by atoms with Gasteiger partial charge in [-0.3, -0.25) is 14.1 Å². The molecule has 0 spiro atoms. The number of carbonyl (C=O) groups excluding carboxylic acids is 2. The average Bonchev–Trinajstić information content (AvgIpc) is 2.61. The number of esters is 2. The average molecular weight is 424 g/mol. The summed E-state index contributed by atoms with van der Waals surface area (Å²) in [4.78, 5) is 40.1. The van der Waals surface area contributed by atoms with Crippen LogP contribution in [0.1, 0.15) is 90.9 Å². The zero-order valence-electron chi connectivity index (χ0n) is 17.3. The fourth-order valence-electron chi connectivity index (χ4n) is 2.72. The van der Waals surface area contributed by atoms with E-state index in [1.54, 1.807) is 0 Å². The summed E-state index contributed by atoms with van der Waals surface area (Å²) in [6, 6.07) is 0. The molecule has 0 amide bonds. The maximum Gasteiger partial charge on any atom is 0.469 e. The molecular formula is C19H37O8P. The van der Waals surface area contributed by atoms with Crippen LogP contribution in [0.3, 0.4) is 0 Å². The van der Waals surface area contributed by atoms with Gasteiger partial charge in [0.15, 0.2) is 6.10 Å². The monoisotopic (exact) mass is 424 g/mol. The molecule has 166 valence electrons. The summed E-state index contributed by atoms with van der Waals surface area (Å²) in [5.74, 6) is -1.08. The van der Waals surface area contributed by atoms with Crippen LogP contribution in [-0.2, 0) is 28.2 Å². The highest BCUT2D eigenvalue weighted by Gasteiger charge is 2.21. The highest BCUT2D eigenvalue weighted by molar-refractivity contribution is 7.46. The summed E-state index contributed by atoms with van der Waals surface area (Å²) in [7, 11) is -4.68. The van der Waals surface area contributed by atoms with Crippen LogP contribution in [0, 0.1) is 0 Å². The molecule has 8 nitrogen and oxygen atoms in total. The van der Waals surface area contributed by atoms with E-state index < -0.39 is 32.5 Å². The highest BCUT2D eigenvalue weighted by Crippen LogP contribution is 2.35. The number of phosphoric acid groups is 1. The van der Waals surface area contributed by atoms with Crippen LogP contribution in [0.2, 0.25) is 0 Å². The first-order valence-corrected chi connectivity index (χ1v) is 11.8. The summed E-state index contributed by atoms with van der Waals surface area (Å²) in [6.07, 6.45) is 12.3. The predicted molar refractivity (Wildman–Crippen MR) is 106 cm³/mol. The third kappa shape index (κ3) is 19.8. The van der Waals surface area contributed by atoms with Crippen molar-refractivity contribution >= 4 is 19.8 Å². The molecule has 0 aliphatic carbocycles. The molecule has 0 saturated carbocycles. The van der Waals surface area contributed by atoms with E-state index in [0.29, 0.717) is 0 Å². The molecule has 0 bridgehead atoms. The summed E-state index contributed by atoms with van der Waals surface area (Å²) < 4.78 is 24.8. The first kappa shape index (κ1) is 27.0. The Hall–Kier alpha value is -0.950. The van der Waals surface area contributed by atoms with Crippen LogP contribution < -0.4 is 0 Å². The van der Waals surface area contributed by atoms with E-state index in [1.165, 1.54) is 51.4 Å². The second kappa shape index (κ2) is 17.0. The number of carbonyl (C=O) groups is 2. The Morgan fingerprint density at radius 1 is 0.857 bits per heavy atom. The lowest BCUT2D eigenvalue weighted by Gasteiger charge is -2.17. The Balaban J connectivity index is 3.72. The zero-order chi connectivity index (χ0) is 21.3. The van der Waals surface area contributed by atoms with Crippen LogP contribution >= 0.6 is 7.82 Å². The van der Waals surface area contributed by atoms with Crippen molar-refractivity contribution in [2.45, 2.75) is 97.0 Å². The summed E-state index contributed by atoms with van der Waals surface area (Å²) in [5.41, 5.74) is 0. The van der Waals surface area contributed by atoms with Gasteiger partial charge in [-0.05, 0) is 6.42 Å². The lowest BCUT2D eigenvalue weighted by molar-refractivity contribution is -0.159.